The Bertz CT molecular complexity index is 615. The zero-order chi connectivity index (χ0) is 14.0. The number of aliphatic carboxylic acids is 1. The summed E-state index contributed by atoms with van der Waals surface area (Å²) in [5, 5.41) is 9.75. The van der Waals surface area contributed by atoms with Gasteiger partial charge in [-0.25, -0.2) is 4.39 Å². The summed E-state index contributed by atoms with van der Waals surface area (Å²) in [7, 11) is 1.82. The number of carbonyl (C=O) groups is 1. The highest BCUT2D eigenvalue weighted by Gasteiger charge is 2.15. The van der Waals surface area contributed by atoms with Crippen LogP contribution in [-0.2, 0) is 4.79 Å². The highest BCUT2D eigenvalue weighted by Crippen LogP contribution is 2.25. The van der Waals surface area contributed by atoms with Crippen LogP contribution in [0.15, 0.2) is 30.5 Å². The number of halogens is 1. The van der Waals surface area contributed by atoms with Gasteiger partial charge in [0.05, 0.1) is 11.4 Å². The SMILES string of the molecule is CC(CN(C)c1ccnc2cc(F)ccc12)C(=O)O. The number of carboxylic acid groups (broad SMARTS) is 1. The zero-order valence-corrected chi connectivity index (χ0v) is 10.8. The average Bonchev–Trinajstić information content (AvgIpc) is 2.37. The minimum atomic E-state index is -0.837. The van der Waals surface area contributed by atoms with Crippen LogP contribution in [0, 0.1) is 11.7 Å². The van der Waals surface area contributed by atoms with Crippen molar-refractivity contribution in [3.05, 3.63) is 36.3 Å². The Hall–Kier alpha value is -2.17. The van der Waals surface area contributed by atoms with E-state index >= 15 is 0 Å². The van der Waals surface area contributed by atoms with Gasteiger partial charge in [0.2, 0.25) is 0 Å². The lowest BCUT2D eigenvalue weighted by Gasteiger charge is -2.22. The Morgan fingerprint density at radius 2 is 2.21 bits per heavy atom. The van der Waals surface area contributed by atoms with Crippen LogP contribution < -0.4 is 4.90 Å². The Morgan fingerprint density at radius 3 is 2.89 bits per heavy atom. The number of aromatic nitrogens is 1. The fourth-order valence-corrected chi connectivity index (χ4v) is 2.03. The molecule has 5 heteroatoms. The van der Waals surface area contributed by atoms with E-state index in [0.29, 0.717) is 12.1 Å². The molecule has 0 fully saturated rings. The number of pyridine rings is 1. The number of anilines is 1. The highest BCUT2D eigenvalue weighted by atomic mass is 19.1. The third-order valence-corrected chi connectivity index (χ3v) is 3.06. The van der Waals surface area contributed by atoms with Crippen LogP contribution in [0.2, 0.25) is 0 Å². The molecule has 1 N–H and O–H groups in total. The fraction of sp³-hybridized carbons (Fsp3) is 0.286. The summed E-state index contributed by atoms with van der Waals surface area (Å²) < 4.78 is 13.2. The van der Waals surface area contributed by atoms with Gasteiger partial charge in [-0.1, -0.05) is 6.92 Å². The zero-order valence-electron chi connectivity index (χ0n) is 10.8. The molecule has 0 radical (unpaired) electrons. The van der Waals surface area contributed by atoms with Gasteiger partial charge in [-0.15, -0.1) is 0 Å². The molecule has 1 aromatic carbocycles. The van der Waals surface area contributed by atoms with Gasteiger partial charge in [-0.2, -0.15) is 0 Å². The largest absolute Gasteiger partial charge is 0.481 e. The van der Waals surface area contributed by atoms with E-state index in [1.54, 1.807) is 25.3 Å². The summed E-state index contributed by atoms with van der Waals surface area (Å²) in [6, 6.07) is 6.21. The maximum Gasteiger partial charge on any atom is 0.308 e. The first kappa shape index (κ1) is 13.3. The quantitative estimate of drug-likeness (QED) is 0.920. The van der Waals surface area contributed by atoms with E-state index in [1.807, 2.05) is 11.9 Å². The number of nitrogens with zero attached hydrogens (tertiary/aromatic N) is 2. The molecule has 1 heterocycles. The van der Waals surface area contributed by atoms with Gasteiger partial charge in [-0.3, -0.25) is 9.78 Å². The van der Waals surface area contributed by atoms with Crippen molar-refractivity contribution in [2.45, 2.75) is 6.92 Å². The Balaban J connectivity index is 2.36. The number of rotatable bonds is 4. The summed E-state index contributed by atoms with van der Waals surface area (Å²) in [6.45, 7) is 2.04. The van der Waals surface area contributed by atoms with E-state index in [1.165, 1.54) is 12.1 Å². The van der Waals surface area contributed by atoms with Crippen molar-refractivity contribution in [1.82, 2.24) is 4.98 Å². The maximum absolute atomic E-state index is 13.2. The Kier molecular flexibility index (Phi) is 3.64. The lowest BCUT2D eigenvalue weighted by atomic mass is 10.1. The van der Waals surface area contributed by atoms with E-state index in [2.05, 4.69) is 4.98 Å². The van der Waals surface area contributed by atoms with E-state index < -0.39 is 11.9 Å². The van der Waals surface area contributed by atoms with Crippen LogP contribution in [0.1, 0.15) is 6.92 Å². The van der Waals surface area contributed by atoms with E-state index in [4.69, 9.17) is 5.11 Å². The molecule has 19 heavy (non-hydrogen) atoms. The molecule has 0 saturated carbocycles. The Morgan fingerprint density at radius 1 is 1.47 bits per heavy atom. The summed E-state index contributed by atoms with van der Waals surface area (Å²) in [4.78, 5) is 16.9. The summed E-state index contributed by atoms with van der Waals surface area (Å²) in [5.41, 5.74) is 1.41. The summed E-state index contributed by atoms with van der Waals surface area (Å²) in [5.74, 6) is -1.65. The standard InChI is InChI=1S/C14H15FN2O2/c1-9(14(18)19)8-17(2)13-5-6-16-12-7-10(15)3-4-11(12)13/h3-7,9H,8H2,1-2H3,(H,18,19). The predicted octanol–water partition coefficient (Wildman–Crippen LogP) is 2.53. The van der Waals surface area contributed by atoms with Crippen LogP contribution in [0.5, 0.6) is 0 Å². The van der Waals surface area contributed by atoms with Crippen molar-refractivity contribution in [2.24, 2.45) is 5.92 Å². The van der Waals surface area contributed by atoms with Gasteiger partial charge >= 0.3 is 5.97 Å². The number of hydrogen-bond donors (Lipinski definition) is 1. The van der Waals surface area contributed by atoms with Crippen LogP contribution >= 0.6 is 0 Å². The average molecular weight is 262 g/mol. The second-order valence-electron chi connectivity index (χ2n) is 4.61. The second kappa shape index (κ2) is 5.22. The van der Waals surface area contributed by atoms with Crippen molar-refractivity contribution in [1.29, 1.82) is 0 Å². The lowest BCUT2D eigenvalue weighted by Crippen LogP contribution is -2.28. The molecule has 2 aromatic rings. The normalized spacial score (nSPS) is 12.4. The maximum atomic E-state index is 13.2. The molecule has 4 nitrogen and oxygen atoms in total. The van der Waals surface area contributed by atoms with Crippen LogP contribution in [0.4, 0.5) is 10.1 Å². The van der Waals surface area contributed by atoms with Crippen molar-refractivity contribution in [3.63, 3.8) is 0 Å². The molecule has 0 spiro atoms. The van der Waals surface area contributed by atoms with Gasteiger partial charge < -0.3 is 10.0 Å². The molecule has 0 amide bonds. The van der Waals surface area contributed by atoms with Gasteiger partial charge in [-0.05, 0) is 18.2 Å². The molecule has 0 aliphatic rings. The minimum Gasteiger partial charge on any atom is -0.481 e. The van der Waals surface area contributed by atoms with Gasteiger partial charge in [0, 0.05) is 36.9 Å². The fourth-order valence-electron chi connectivity index (χ4n) is 2.03. The first-order chi connectivity index (χ1) is 8.99. The predicted molar refractivity (Wildman–Crippen MR) is 71.8 cm³/mol. The van der Waals surface area contributed by atoms with E-state index in [-0.39, 0.29) is 5.82 Å². The smallest absolute Gasteiger partial charge is 0.308 e. The van der Waals surface area contributed by atoms with E-state index in [0.717, 1.165) is 11.1 Å². The van der Waals surface area contributed by atoms with Crippen molar-refractivity contribution in [3.8, 4) is 0 Å². The molecule has 0 aliphatic carbocycles. The molecule has 2 rings (SSSR count). The van der Waals surface area contributed by atoms with Crippen LogP contribution in [0.3, 0.4) is 0 Å². The molecule has 1 unspecified atom stereocenters. The Labute approximate surface area is 110 Å². The third kappa shape index (κ3) is 2.81. The molecule has 0 bridgehead atoms. The number of benzene rings is 1. The molecular weight excluding hydrogens is 247 g/mol. The van der Waals surface area contributed by atoms with Gasteiger partial charge in [0.25, 0.3) is 0 Å². The number of carboxylic acids is 1. The van der Waals surface area contributed by atoms with Gasteiger partial charge in [0.1, 0.15) is 5.82 Å². The van der Waals surface area contributed by atoms with Crippen molar-refractivity contribution in [2.75, 3.05) is 18.5 Å². The van der Waals surface area contributed by atoms with E-state index in [9.17, 15) is 9.18 Å². The summed E-state index contributed by atoms with van der Waals surface area (Å²) >= 11 is 0. The highest BCUT2D eigenvalue weighted by molar-refractivity contribution is 5.91. The minimum absolute atomic E-state index is 0.335. The monoisotopic (exact) mass is 262 g/mol. The summed E-state index contributed by atoms with van der Waals surface area (Å²) in [6.07, 6.45) is 1.60. The first-order valence-electron chi connectivity index (χ1n) is 5.97. The molecule has 1 aromatic heterocycles. The number of fused-ring (bicyclic) bond motifs is 1. The lowest BCUT2D eigenvalue weighted by molar-refractivity contribution is -0.140. The molecule has 100 valence electrons. The molecule has 0 aliphatic heterocycles. The van der Waals surface area contributed by atoms with Crippen molar-refractivity contribution >= 4 is 22.6 Å². The van der Waals surface area contributed by atoms with Crippen molar-refractivity contribution < 1.29 is 14.3 Å². The molecule has 0 saturated heterocycles. The van der Waals surface area contributed by atoms with Crippen LogP contribution in [0.25, 0.3) is 10.9 Å². The number of hydrogen-bond acceptors (Lipinski definition) is 3. The second-order valence-corrected chi connectivity index (χ2v) is 4.61. The molecular formula is C14H15FN2O2. The first-order valence-corrected chi connectivity index (χ1v) is 5.97. The third-order valence-electron chi connectivity index (χ3n) is 3.06. The topological polar surface area (TPSA) is 53.4 Å². The molecule has 1 atom stereocenters. The van der Waals surface area contributed by atoms with Crippen LogP contribution in [-0.4, -0.2) is 29.7 Å². The van der Waals surface area contributed by atoms with Gasteiger partial charge in [0.15, 0.2) is 0 Å².